The zero-order valence-electron chi connectivity index (χ0n) is 12.7. The van der Waals surface area contributed by atoms with Gasteiger partial charge in [-0.1, -0.05) is 6.92 Å². The van der Waals surface area contributed by atoms with E-state index in [0.29, 0.717) is 26.2 Å². The second-order valence-electron chi connectivity index (χ2n) is 4.86. The van der Waals surface area contributed by atoms with Crippen molar-refractivity contribution in [1.29, 1.82) is 0 Å². The zero-order chi connectivity index (χ0) is 14.7. The number of carbonyl (C=O) groups excluding carboxylic acids is 1. The lowest BCUT2D eigenvalue weighted by atomic mass is 10.2. The van der Waals surface area contributed by atoms with Crippen molar-refractivity contribution in [2.45, 2.75) is 58.8 Å². The predicted octanol–water partition coefficient (Wildman–Crippen LogP) is 1.53. The number of hydrogen-bond donors (Lipinski definition) is 1. The Hall–Kier alpha value is -0.490. The van der Waals surface area contributed by atoms with Gasteiger partial charge in [-0.25, -0.2) is 0 Å². The monoisotopic (exact) mass is 275 g/mol. The van der Waals surface area contributed by atoms with E-state index in [2.05, 4.69) is 0 Å². The van der Waals surface area contributed by atoms with Crippen LogP contribution in [0.3, 0.4) is 0 Å². The van der Waals surface area contributed by atoms with E-state index in [1.165, 1.54) is 0 Å². The third-order valence-electron chi connectivity index (χ3n) is 2.88. The second kappa shape index (κ2) is 11.3. The summed E-state index contributed by atoms with van der Waals surface area (Å²) in [5.74, 6) is 0.112. The number of nitrogens with two attached hydrogens (primary N) is 1. The molecule has 3 atom stereocenters. The van der Waals surface area contributed by atoms with E-state index in [-0.39, 0.29) is 30.6 Å². The van der Waals surface area contributed by atoms with Crippen LogP contribution in [0.4, 0.5) is 0 Å². The molecule has 0 fully saturated rings. The summed E-state index contributed by atoms with van der Waals surface area (Å²) in [6.07, 6.45) is 1.38. The number of hydrogen-bond acceptors (Lipinski definition) is 5. The Bertz CT molecular complexity index is 233. The summed E-state index contributed by atoms with van der Waals surface area (Å²) in [5.41, 5.74) is 5.65. The topological polar surface area (TPSA) is 70.8 Å². The molecule has 0 saturated carbocycles. The first-order chi connectivity index (χ1) is 8.97. The Morgan fingerprint density at radius 1 is 1.05 bits per heavy atom. The fraction of sp³-hybridized carbons (Fsp3) is 0.929. The van der Waals surface area contributed by atoms with Crippen LogP contribution in [0, 0.1) is 0 Å². The van der Waals surface area contributed by atoms with Crippen LogP contribution in [-0.4, -0.2) is 50.5 Å². The third kappa shape index (κ3) is 11.1. The molecule has 0 aliphatic carbocycles. The molecule has 19 heavy (non-hydrogen) atoms. The van der Waals surface area contributed by atoms with Gasteiger partial charge in [0.2, 0.25) is 0 Å². The van der Waals surface area contributed by atoms with Crippen LogP contribution in [0.15, 0.2) is 0 Å². The maximum absolute atomic E-state index is 11.0. The molecule has 0 heterocycles. The lowest BCUT2D eigenvalue weighted by molar-refractivity contribution is -0.124. The summed E-state index contributed by atoms with van der Waals surface area (Å²) < 4.78 is 16.4. The quantitative estimate of drug-likeness (QED) is 0.547. The first-order valence-electron chi connectivity index (χ1n) is 7.05. The Balaban J connectivity index is 3.51. The van der Waals surface area contributed by atoms with Crippen LogP contribution in [-0.2, 0) is 19.0 Å². The van der Waals surface area contributed by atoms with Gasteiger partial charge in [-0.05, 0) is 27.2 Å². The maximum atomic E-state index is 11.0. The van der Waals surface area contributed by atoms with Crippen molar-refractivity contribution in [2.24, 2.45) is 5.73 Å². The molecule has 0 aromatic rings. The van der Waals surface area contributed by atoms with Crippen LogP contribution in [0.1, 0.15) is 40.5 Å². The van der Waals surface area contributed by atoms with Gasteiger partial charge < -0.3 is 19.9 Å². The maximum Gasteiger partial charge on any atom is 0.158 e. The van der Waals surface area contributed by atoms with E-state index in [1.54, 1.807) is 0 Å². The van der Waals surface area contributed by atoms with E-state index in [9.17, 15) is 4.79 Å². The van der Waals surface area contributed by atoms with Gasteiger partial charge >= 0.3 is 0 Å². The first-order valence-corrected chi connectivity index (χ1v) is 7.05. The second-order valence-corrected chi connectivity index (χ2v) is 4.86. The molecule has 114 valence electrons. The number of carbonyl (C=O) groups is 1. The van der Waals surface area contributed by atoms with Gasteiger partial charge in [0.15, 0.2) is 5.78 Å². The summed E-state index contributed by atoms with van der Waals surface area (Å²) >= 11 is 0. The Morgan fingerprint density at radius 2 is 1.63 bits per heavy atom. The molecule has 0 aliphatic rings. The normalized spacial score (nSPS) is 16.1. The van der Waals surface area contributed by atoms with Crippen molar-refractivity contribution >= 4 is 5.78 Å². The molecule has 0 bridgehead atoms. The Labute approximate surface area is 116 Å². The first kappa shape index (κ1) is 18.5. The standard InChI is InChI=1S/C14H29NO4/c1-5-14(16)10-17-8-9-19-13(4)12(3)18-7-6-11(2)15/h11-13H,5-10,15H2,1-4H3/t11-,12+,13+/m0/s1. The number of ketones is 1. The molecule has 0 spiro atoms. The van der Waals surface area contributed by atoms with Crippen LogP contribution in [0.5, 0.6) is 0 Å². The van der Waals surface area contributed by atoms with Gasteiger partial charge in [0.05, 0.1) is 25.4 Å². The Kier molecular flexibility index (Phi) is 11.1. The van der Waals surface area contributed by atoms with Gasteiger partial charge in [-0.15, -0.1) is 0 Å². The van der Waals surface area contributed by atoms with Crippen molar-refractivity contribution in [2.75, 3.05) is 26.4 Å². The molecule has 2 N–H and O–H groups in total. The van der Waals surface area contributed by atoms with Crippen LogP contribution in [0.2, 0.25) is 0 Å². The fourth-order valence-corrected chi connectivity index (χ4v) is 1.29. The fourth-order valence-electron chi connectivity index (χ4n) is 1.29. The van der Waals surface area contributed by atoms with Gasteiger partial charge in [0.25, 0.3) is 0 Å². The number of ether oxygens (including phenoxy) is 3. The average molecular weight is 275 g/mol. The summed E-state index contributed by atoms with van der Waals surface area (Å²) in [6.45, 7) is 9.46. The van der Waals surface area contributed by atoms with Crippen molar-refractivity contribution in [3.05, 3.63) is 0 Å². The van der Waals surface area contributed by atoms with Crippen molar-refractivity contribution < 1.29 is 19.0 Å². The highest BCUT2D eigenvalue weighted by Gasteiger charge is 2.13. The zero-order valence-corrected chi connectivity index (χ0v) is 12.7. The minimum Gasteiger partial charge on any atom is -0.376 e. The lowest BCUT2D eigenvalue weighted by Crippen LogP contribution is -2.29. The third-order valence-corrected chi connectivity index (χ3v) is 2.88. The molecule has 0 amide bonds. The number of rotatable bonds is 12. The van der Waals surface area contributed by atoms with Gasteiger partial charge in [-0.3, -0.25) is 4.79 Å². The molecule has 0 aliphatic heterocycles. The SMILES string of the molecule is CCC(=O)COCCO[C@H](C)[C@@H](C)OCC[C@H](C)N. The summed E-state index contributed by atoms with van der Waals surface area (Å²) in [5, 5.41) is 0. The average Bonchev–Trinajstić information content (AvgIpc) is 2.37. The van der Waals surface area contributed by atoms with Gasteiger partial charge in [-0.2, -0.15) is 0 Å². The molecule has 5 nitrogen and oxygen atoms in total. The van der Waals surface area contributed by atoms with E-state index in [0.717, 1.165) is 6.42 Å². The van der Waals surface area contributed by atoms with Gasteiger partial charge in [0.1, 0.15) is 6.61 Å². The molecule has 0 aromatic heterocycles. The molecular weight excluding hydrogens is 246 g/mol. The minimum atomic E-state index is -0.00134. The van der Waals surface area contributed by atoms with Crippen molar-refractivity contribution in [3.63, 3.8) is 0 Å². The molecule has 0 aromatic carbocycles. The molecule has 0 unspecified atom stereocenters. The predicted molar refractivity (Wildman–Crippen MR) is 75.2 cm³/mol. The van der Waals surface area contributed by atoms with E-state index in [1.807, 2.05) is 27.7 Å². The highest BCUT2D eigenvalue weighted by Crippen LogP contribution is 2.04. The van der Waals surface area contributed by atoms with E-state index >= 15 is 0 Å². The van der Waals surface area contributed by atoms with Crippen LogP contribution >= 0.6 is 0 Å². The molecule has 0 rings (SSSR count). The van der Waals surface area contributed by atoms with Crippen LogP contribution < -0.4 is 5.73 Å². The largest absolute Gasteiger partial charge is 0.376 e. The van der Waals surface area contributed by atoms with Gasteiger partial charge in [0, 0.05) is 19.1 Å². The molecular formula is C14H29NO4. The molecule has 0 saturated heterocycles. The Morgan fingerprint density at radius 3 is 2.16 bits per heavy atom. The van der Waals surface area contributed by atoms with Crippen LogP contribution in [0.25, 0.3) is 0 Å². The summed E-state index contributed by atoms with van der Waals surface area (Å²) in [6, 6.07) is 0.160. The molecule has 0 radical (unpaired) electrons. The van der Waals surface area contributed by atoms with Crippen molar-refractivity contribution in [3.8, 4) is 0 Å². The van der Waals surface area contributed by atoms with E-state index < -0.39 is 0 Å². The summed E-state index contributed by atoms with van der Waals surface area (Å²) in [7, 11) is 0. The minimum absolute atomic E-state index is 0.00134. The highest BCUT2D eigenvalue weighted by atomic mass is 16.6. The smallest absolute Gasteiger partial charge is 0.158 e. The van der Waals surface area contributed by atoms with Crippen molar-refractivity contribution in [1.82, 2.24) is 0 Å². The highest BCUT2D eigenvalue weighted by molar-refractivity contribution is 5.79. The lowest BCUT2D eigenvalue weighted by Gasteiger charge is -2.21. The van der Waals surface area contributed by atoms with E-state index in [4.69, 9.17) is 19.9 Å². The summed E-state index contributed by atoms with van der Waals surface area (Å²) in [4.78, 5) is 11.0. The molecule has 5 heteroatoms. The number of Topliss-reactive ketones (excluding diaryl/α,β-unsaturated/α-hetero) is 1.